The van der Waals surface area contributed by atoms with Gasteiger partial charge >= 0.3 is 0 Å². The maximum atomic E-state index is 11.2. The van der Waals surface area contributed by atoms with Gasteiger partial charge in [0.2, 0.25) is 0 Å². The minimum atomic E-state index is 0.0635. The van der Waals surface area contributed by atoms with E-state index in [4.69, 9.17) is 0 Å². The van der Waals surface area contributed by atoms with Gasteiger partial charge in [-0.05, 0) is 25.1 Å². The Morgan fingerprint density at radius 1 is 1.27 bits per heavy atom. The second kappa shape index (κ2) is 3.69. The number of rotatable bonds is 2. The molecule has 3 nitrogen and oxygen atoms in total. The molecule has 0 aliphatic heterocycles. The summed E-state index contributed by atoms with van der Waals surface area (Å²) in [6.07, 6.45) is 0. The molecule has 76 valence electrons. The van der Waals surface area contributed by atoms with Crippen molar-refractivity contribution in [2.45, 2.75) is 6.92 Å². The fourth-order valence-electron chi connectivity index (χ4n) is 1.48. The van der Waals surface area contributed by atoms with Crippen LogP contribution in [0, 0.1) is 0 Å². The molecule has 0 aliphatic carbocycles. The average molecular weight is 200 g/mol. The molecule has 0 aliphatic rings. The highest BCUT2D eigenvalue weighted by Crippen LogP contribution is 2.16. The number of nitrogens with zero attached hydrogens (tertiary/aromatic N) is 1. The SMILES string of the molecule is CNc1ccc2ccc(C(C)=O)cc2n1. The van der Waals surface area contributed by atoms with Crippen molar-refractivity contribution < 1.29 is 4.79 Å². The van der Waals surface area contributed by atoms with Gasteiger partial charge in [-0.15, -0.1) is 0 Å². The van der Waals surface area contributed by atoms with Crippen molar-refractivity contribution in [3.63, 3.8) is 0 Å². The molecule has 2 aromatic rings. The van der Waals surface area contributed by atoms with Crippen LogP contribution < -0.4 is 5.32 Å². The summed E-state index contributed by atoms with van der Waals surface area (Å²) < 4.78 is 0. The summed E-state index contributed by atoms with van der Waals surface area (Å²) in [5.74, 6) is 0.872. The fourth-order valence-corrected chi connectivity index (χ4v) is 1.48. The molecular formula is C12H12N2O. The van der Waals surface area contributed by atoms with Crippen molar-refractivity contribution in [3.05, 3.63) is 35.9 Å². The van der Waals surface area contributed by atoms with E-state index in [2.05, 4.69) is 10.3 Å². The number of hydrogen-bond donors (Lipinski definition) is 1. The van der Waals surface area contributed by atoms with Crippen molar-refractivity contribution >= 4 is 22.5 Å². The van der Waals surface area contributed by atoms with E-state index in [0.717, 1.165) is 16.7 Å². The summed E-state index contributed by atoms with van der Waals surface area (Å²) in [5, 5.41) is 4.01. The number of pyridine rings is 1. The van der Waals surface area contributed by atoms with Crippen molar-refractivity contribution in [2.24, 2.45) is 0 Å². The van der Waals surface area contributed by atoms with E-state index < -0.39 is 0 Å². The summed E-state index contributed by atoms with van der Waals surface area (Å²) in [6.45, 7) is 1.56. The molecule has 1 aromatic heterocycles. The molecule has 0 amide bonds. The first kappa shape index (κ1) is 9.65. The summed E-state index contributed by atoms with van der Waals surface area (Å²) in [4.78, 5) is 15.6. The minimum Gasteiger partial charge on any atom is -0.373 e. The molecule has 2 rings (SSSR count). The number of fused-ring (bicyclic) bond motifs is 1. The van der Waals surface area contributed by atoms with Crippen molar-refractivity contribution in [2.75, 3.05) is 12.4 Å². The lowest BCUT2D eigenvalue weighted by Gasteiger charge is -2.03. The topological polar surface area (TPSA) is 42.0 Å². The van der Waals surface area contributed by atoms with E-state index in [1.165, 1.54) is 0 Å². The van der Waals surface area contributed by atoms with Crippen LogP contribution in [-0.4, -0.2) is 17.8 Å². The molecule has 1 heterocycles. The second-order valence-electron chi connectivity index (χ2n) is 3.41. The number of carbonyl (C=O) groups excluding carboxylic acids is 1. The molecule has 0 saturated carbocycles. The van der Waals surface area contributed by atoms with Gasteiger partial charge in [0.05, 0.1) is 5.52 Å². The number of ketones is 1. The van der Waals surface area contributed by atoms with Crippen molar-refractivity contribution in [1.82, 2.24) is 4.98 Å². The highest BCUT2D eigenvalue weighted by atomic mass is 16.1. The Bertz CT molecular complexity index is 520. The van der Waals surface area contributed by atoms with Gasteiger partial charge in [-0.3, -0.25) is 4.79 Å². The van der Waals surface area contributed by atoms with Crippen molar-refractivity contribution in [3.8, 4) is 0 Å². The molecule has 1 aromatic carbocycles. The lowest BCUT2D eigenvalue weighted by molar-refractivity contribution is 0.101. The van der Waals surface area contributed by atoms with E-state index in [1.807, 2.05) is 37.4 Å². The molecule has 15 heavy (non-hydrogen) atoms. The number of carbonyl (C=O) groups is 1. The third-order valence-corrected chi connectivity index (χ3v) is 2.35. The highest BCUT2D eigenvalue weighted by Gasteiger charge is 2.02. The van der Waals surface area contributed by atoms with Gasteiger partial charge in [0.1, 0.15) is 5.82 Å². The third kappa shape index (κ3) is 1.81. The molecule has 3 heteroatoms. The van der Waals surface area contributed by atoms with Crippen LogP contribution in [0.25, 0.3) is 10.9 Å². The first-order valence-electron chi connectivity index (χ1n) is 4.80. The Morgan fingerprint density at radius 3 is 2.67 bits per heavy atom. The fraction of sp³-hybridized carbons (Fsp3) is 0.167. The Kier molecular flexibility index (Phi) is 2.37. The van der Waals surface area contributed by atoms with Gasteiger partial charge in [0.25, 0.3) is 0 Å². The molecule has 1 N–H and O–H groups in total. The first-order valence-corrected chi connectivity index (χ1v) is 4.80. The number of Topliss-reactive ketones (excluding diaryl/α,β-unsaturated/α-hetero) is 1. The number of hydrogen-bond acceptors (Lipinski definition) is 3. The predicted octanol–water partition coefficient (Wildman–Crippen LogP) is 2.48. The summed E-state index contributed by atoms with van der Waals surface area (Å²) in [6, 6.07) is 9.45. The summed E-state index contributed by atoms with van der Waals surface area (Å²) in [7, 11) is 1.82. The van der Waals surface area contributed by atoms with E-state index in [9.17, 15) is 4.79 Å². The van der Waals surface area contributed by atoms with E-state index >= 15 is 0 Å². The van der Waals surface area contributed by atoms with Crippen LogP contribution in [0.2, 0.25) is 0 Å². The second-order valence-corrected chi connectivity index (χ2v) is 3.41. The monoisotopic (exact) mass is 200 g/mol. The van der Waals surface area contributed by atoms with Crippen LogP contribution in [-0.2, 0) is 0 Å². The zero-order valence-electron chi connectivity index (χ0n) is 8.74. The lowest BCUT2D eigenvalue weighted by Crippen LogP contribution is -1.95. The highest BCUT2D eigenvalue weighted by molar-refractivity contribution is 5.97. The Balaban J connectivity index is 2.62. The van der Waals surface area contributed by atoms with E-state index in [0.29, 0.717) is 5.56 Å². The molecule has 0 spiro atoms. The summed E-state index contributed by atoms with van der Waals surface area (Å²) in [5.41, 5.74) is 1.54. The van der Waals surface area contributed by atoms with Gasteiger partial charge < -0.3 is 5.32 Å². The average Bonchev–Trinajstić information content (AvgIpc) is 2.27. The van der Waals surface area contributed by atoms with Crippen LogP contribution in [0.3, 0.4) is 0 Å². The maximum Gasteiger partial charge on any atom is 0.159 e. The number of benzene rings is 1. The van der Waals surface area contributed by atoms with Crippen molar-refractivity contribution in [1.29, 1.82) is 0 Å². The molecule has 0 radical (unpaired) electrons. The Morgan fingerprint density at radius 2 is 2.00 bits per heavy atom. The molecule has 0 unspecified atom stereocenters. The lowest BCUT2D eigenvalue weighted by atomic mass is 10.1. The predicted molar refractivity (Wildman–Crippen MR) is 61.3 cm³/mol. The van der Waals surface area contributed by atoms with Gasteiger partial charge in [-0.2, -0.15) is 0 Å². The molecular weight excluding hydrogens is 188 g/mol. The molecule has 0 bridgehead atoms. The standard InChI is InChI=1S/C12H12N2O/c1-8(15)10-4-3-9-5-6-12(13-2)14-11(9)7-10/h3-7H,1-2H3,(H,13,14). The number of anilines is 1. The van der Waals surface area contributed by atoms with Crippen LogP contribution in [0.5, 0.6) is 0 Å². The summed E-state index contributed by atoms with van der Waals surface area (Å²) >= 11 is 0. The van der Waals surface area contributed by atoms with Crippen LogP contribution in [0.1, 0.15) is 17.3 Å². The largest absolute Gasteiger partial charge is 0.373 e. The maximum absolute atomic E-state index is 11.2. The Hall–Kier alpha value is -1.90. The molecule has 0 saturated heterocycles. The van der Waals surface area contributed by atoms with Gasteiger partial charge in [0, 0.05) is 18.0 Å². The van der Waals surface area contributed by atoms with Crippen LogP contribution in [0.15, 0.2) is 30.3 Å². The molecule has 0 fully saturated rings. The van der Waals surface area contributed by atoms with E-state index in [1.54, 1.807) is 6.92 Å². The molecule has 0 atom stereocenters. The number of nitrogens with one attached hydrogen (secondary N) is 1. The zero-order valence-corrected chi connectivity index (χ0v) is 8.74. The van der Waals surface area contributed by atoms with Gasteiger partial charge in [0.15, 0.2) is 5.78 Å². The Labute approximate surface area is 88.1 Å². The van der Waals surface area contributed by atoms with Crippen LogP contribution >= 0.6 is 0 Å². The zero-order chi connectivity index (χ0) is 10.8. The number of aromatic nitrogens is 1. The van der Waals surface area contributed by atoms with E-state index in [-0.39, 0.29) is 5.78 Å². The van der Waals surface area contributed by atoms with Gasteiger partial charge in [-0.1, -0.05) is 12.1 Å². The smallest absolute Gasteiger partial charge is 0.159 e. The van der Waals surface area contributed by atoms with Crippen LogP contribution in [0.4, 0.5) is 5.82 Å². The quantitative estimate of drug-likeness (QED) is 0.757. The minimum absolute atomic E-state index is 0.0635. The van der Waals surface area contributed by atoms with Gasteiger partial charge in [-0.25, -0.2) is 4.98 Å². The first-order chi connectivity index (χ1) is 7.20. The normalized spacial score (nSPS) is 10.3. The third-order valence-electron chi connectivity index (χ3n) is 2.35.